The van der Waals surface area contributed by atoms with Crippen LogP contribution in [0.3, 0.4) is 0 Å². The molecular formula is C24H25NO7S. The van der Waals surface area contributed by atoms with E-state index in [2.05, 4.69) is 4.99 Å². The number of methoxy groups -OCH3 is 4. The predicted molar refractivity (Wildman–Crippen MR) is 128 cm³/mol. The van der Waals surface area contributed by atoms with E-state index in [1.54, 1.807) is 56.5 Å². The molecule has 0 aliphatic carbocycles. The average molecular weight is 472 g/mol. The smallest absolute Gasteiger partial charge is 0.344 e. The van der Waals surface area contributed by atoms with Gasteiger partial charge in [0.2, 0.25) is 5.75 Å². The van der Waals surface area contributed by atoms with Crippen molar-refractivity contribution in [2.24, 2.45) is 4.99 Å². The average Bonchev–Trinajstić information content (AvgIpc) is 3.13. The van der Waals surface area contributed by atoms with Gasteiger partial charge in [0.15, 0.2) is 11.5 Å². The fraction of sp³-hybridized carbons (Fsp3) is 0.250. The molecule has 0 amide bonds. The lowest BCUT2D eigenvalue weighted by Gasteiger charge is -2.13. The molecule has 0 bridgehead atoms. The van der Waals surface area contributed by atoms with Gasteiger partial charge in [-0.15, -0.1) is 0 Å². The highest BCUT2D eigenvalue weighted by atomic mass is 32.2. The van der Waals surface area contributed by atoms with Gasteiger partial charge < -0.3 is 28.8 Å². The fourth-order valence-electron chi connectivity index (χ4n) is 3.10. The zero-order valence-electron chi connectivity index (χ0n) is 19.0. The van der Waals surface area contributed by atoms with Crippen LogP contribution >= 0.6 is 11.8 Å². The highest BCUT2D eigenvalue weighted by molar-refractivity contribution is 8.18. The number of nitrogens with zero attached hydrogens (tertiary/aromatic N) is 1. The van der Waals surface area contributed by atoms with E-state index in [0.717, 1.165) is 11.8 Å². The Balaban J connectivity index is 2.07. The van der Waals surface area contributed by atoms with Crippen LogP contribution < -0.4 is 18.9 Å². The number of aliphatic hydroxyl groups is 1. The fourth-order valence-corrected chi connectivity index (χ4v) is 4.14. The Kier molecular flexibility index (Phi) is 7.89. The molecule has 0 atom stereocenters. The number of ether oxygens (including phenoxy) is 5. The molecule has 2 aromatic rings. The Labute approximate surface area is 196 Å². The highest BCUT2D eigenvalue weighted by Gasteiger charge is 2.33. The molecule has 3 rings (SSSR count). The maximum absolute atomic E-state index is 12.6. The van der Waals surface area contributed by atoms with Crippen molar-refractivity contribution in [2.75, 3.05) is 35.0 Å². The molecule has 33 heavy (non-hydrogen) atoms. The van der Waals surface area contributed by atoms with Crippen molar-refractivity contribution in [1.82, 2.24) is 0 Å². The first kappa shape index (κ1) is 24.1. The molecule has 0 fully saturated rings. The lowest BCUT2D eigenvalue weighted by Crippen LogP contribution is -2.12. The molecule has 0 unspecified atom stereocenters. The number of hydrogen-bond donors (Lipinski definition) is 1. The van der Waals surface area contributed by atoms with E-state index in [0.29, 0.717) is 44.2 Å². The maximum atomic E-state index is 12.6. The van der Waals surface area contributed by atoms with Gasteiger partial charge in [-0.1, -0.05) is 11.8 Å². The maximum Gasteiger partial charge on any atom is 0.344 e. The number of thioether (sulfide) groups is 1. The standard InChI is InChI=1S/C24H25NO7S/c1-6-32-24(27)20-21(26)19(33-23(20)25-15-7-9-16(28-2)10-8-15)13-14-11-17(29-3)22(31-5)18(12-14)30-4/h7-13,26H,6H2,1-5H3. The van der Waals surface area contributed by atoms with Crippen LogP contribution in [0.4, 0.5) is 5.69 Å². The van der Waals surface area contributed by atoms with Gasteiger partial charge in [-0.05, 0) is 55.0 Å². The highest BCUT2D eigenvalue weighted by Crippen LogP contribution is 2.43. The number of aliphatic hydroxyl groups excluding tert-OH is 1. The summed E-state index contributed by atoms with van der Waals surface area (Å²) in [6.45, 7) is 1.87. The van der Waals surface area contributed by atoms with Crippen LogP contribution in [0.1, 0.15) is 12.5 Å². The molecule has 0 radical (unpaired) electrons. The molecule has 174 valence electrons. The van der Waals surface area contributed by atoms with Crippen molar-refractivity contribution >= 4 is 34.5 Å². The van der Waals surface area contributed by atoms with E-state index in [9.17, 15) is 9.90 Å². The molecule has 2 aromatic carbocycles. The quantitative estimate of drug-likeness (QED) is 0.543. The minimum atomic E-state index is -0.650. The van der Waals surface area contributed by atoms with E-state index in [1.165, 1.54) is 21.3 Å². The van der Waals surface area contributed by atoms with Crippen LogP contribution in [0.2, 0.25) is 0 Å². The zero-order valence-corrected chi connectivity index (χ0v) is 19.8. The molecule has 0 aromatic heterocycles. The topological polar surface area (TPSA) is 95.8 Å². The summed E-state index contributed by atoms with van der Waals surface area (Å²) >= 11 is 1.16. The van der Waals surface area contributed by atoms with Gasteiger partial charge >= 0.3 is 5.97 Å². The second kappa shape index (κ2) is 10.8. The first-order chi connectivity index (χ1) is 15.9. The van der Waals surface area contributed by atoms with Crippen molar-refractivity contribution in [3.63, 3.8) is 0 Å². The van der Waals surface area contributed by atoms with Crippen molar-refractivity contribution < 1.29 is 33.6 Å². The van der Waals surface area contributed by atoms with Crippen molar-refractivity contribution in [3.8, 4) is 23.0 Å². The van der Waals surface area contributed by atoms with E-state index >= 15 is 0 Å². The van der Waals surface area contributed by atoms with Crippen LogP contribution in [0.25, 0.3) is 6.08 Å². The van der Waals surface area contributed by atoms with Gasteiger partial charge in [0.1, 0.15) is 22.1 Å². The SMILES string of the molecule is CCOC(=O)C1=C(O)C(=Cc2cc(OC)c(OC)c(OC)c2)SC1=Nc1ccc(OC)cc1. The Morgan fingerprint density at radius 2 is 1.64 bits per heavy atom. The van der Waals surface area contributed by atoms with Gasteiger partial charge in [-0.2, -0.15) is 0 Å². The second-order valence-corrected chi connectivity index (χ2v) is 7.66. The summed E-state index contributed by atoms with van der Waals surface area (Å²) in [5, 5.41) is 11.2. The Morgan fingerprint density at radius 3 is 2.15 bits per heavy atom. The van der Waals surface area contributed by atoms with Crippen molar-refractivity contribution in [1.29, 1.82) is 0 Å². The van der Waals surface area contributed by atoms with Crippen LogP contribution in [-0.2, 0) is 9.53 Å². The molecule has 1 aliphatic heterocycles. The number of hydrogen-bond acceptors (Lipinski definition) is 9. The predicted octanol–water partition coefficient (Wildman–Crippen LogP) is 4.91. The Morgan fingerprint density at radius 1 is 1.00 bits per heavy atom. The lowest BCUT2D eigenvalue weighted by atomic mass is 10.1. The third-order valence-corrected chi connectivity index (χ3v) is 5.68. The van der Waals surface area contributed by atoms with E-state index in [4.69, 9.17) is 23.7 Å². The Hall–Kier alpha value is -3.59. The number of carbonyl (C=O) groups excluding carboxylic acids is 1. The van der Waals surface area contributed by atoms with Crippen LogP contribution in [0.5, 0.6) is 23.0 Å². The molecule has 1 heterocycles. The Bertz CT molecular complexity index is 1100. The molecule has 0 saturated carbocycles. The number of rotatable bonds is 8. The van der Waals surface area contributed by atoms with Crippen LogP contribution in [0, 0.1) is 0 Å². The molecule has 1 aliphatic rings. The third-order valence-electron chi connectivity index (χ3n) is 4.66. The number of carbonyl (C=O) groups is 1. The summed E-state index contributed by atoms with van der Waals surface area (Å²) in [5.74, 6) is 1.21. The largest absolute Gasteiger partial charge is 0.506 e. The molecule has 1 N–H and O–H groups in total. The first-order valence-corrected chi connectivity index (χ1v) is 10.8. The summed E-state index contributed by atoms with van der Waals surface area (Å²) in [6, 6.07) is 10.5. The zero-order chi connectivity index (χ0) is 24.0. The van der Waals surface area contributed by atoms with Gasteiger partial charge in [-0.25, -0.2) is 9.79 Å². The number of aliphatic imine (C=N–C) groups is 1. The van der Waals surface area contributed by atoms with Crippen molar-refractivity contribution in [3.05, 3.63) is 58.2 Å². The van der Waals surface area contributed by atoms with Crippen molar-refractivity contribution in [2.45, 2.75) is 6.92 Å². The number of esters is 1. The molecule has 0 spiro atoms. The van der Waals surface area contributed by atoms with E-state index < -0.39 is 5.97 Å². The molecule has 8 nitrogen and oxygen atoms in total. The summed E-state index contributed by atoms with van der Waals surface area (Å²) in [6.07, 6.45) is 1.71. The molecular weight excluding hydrogens is 446 g/mol. The van der Waals surface area contributed by atoms with Gasteiger partial charge in [-0.3, -0.25) is 0 Å². The number of benzene rings is 2. The molecule has 9 heteroatoms. The monoisotopic (exact) mass is 471 g/mol. The normalized spacial score (nSPS) is 15.7. The third kappa shape index (κ3) is 5.25. The van der Waals surface area contributed by atoms with Crippen LogP contribution in [-0.4, -0.2) is 51.2 Å². The van der Waals surface area contributed by atoms with E-state index in [-0.39, 0.29) is 17.9 Å². The minimum Gasteiger partial charge on any atom is -0.506 e. The minimum absolute atomic E-state index is 0.0105. The van der Waals surface area contributed by atoms with Gasteiger partial charge in [0, 0.05) is 0 Å². The second-order valence-electron chi connectivity index (χ2n) is 6.63. The first-order valence-electron chi connectivity index (χ1n) is 9.99. The van der Waals surface area contributed by atoms with Crippen LogP contribution in [0.15, 0.2) is 57.6 Å². The summed E-state index contributed by atoms with van der Waals surface area (Å²) in [5.41, 5.74) is 1.28. The summed E-state index contributed by atoms with van der Waals surface area (Å²) in [4.78, 5) is 17.6. The summed E-state index contributed by atoms with van der Waals surface area (Å²) < 4.78 is 26.5. The summed E-state index contributed by atoms with van der Waals surface area (Å²) in [7, 11) is 6.14. The molecule has 0 saturated heterocycles. The van der Waals surface area contributed by atoms with Gasteiger partial charge in [0.05, 0.1) is 45.6 Å². The lowest BCUT2D eigenvalue weighted by molar-refractivity contribution is -0.138. The van der Waals surface area contributed by atoms with E-state index in [1.807, 2.05) is 0 Å². The van der Waals surface area contributed by atoms with Gasteiger partial charge in [0.25, 0.3) is 0 Å².